The van der Waals surface area contributed by atoms with Gasteiger partial charge in [-0.15, -0.1) is 0 Å². The Morgan fingerprint density at radius 2 is 1.89 bits per heavy atom. The first kappa shape index (κ1) is 23.2. The molecule has 1 N–H and O–H groups in total. The minimum atomic E-state index is 0.170. The molecule has 4 aromatic rings. The number of aromatic amines is 1. The van der Waals surface area contributed by atoms with Crippen LogP contribution in [0.4, 0.5) is 0 Å². The van der Waals surface area contributed by atoms with Crippen LogP contribution in [-0.2, 0) is 9.53 Å². The van der Waals surface area contributed by atoms with E-state index in [2.05, 4.69) is 66.3 Å². The minimum Gasteiger partial charge on any atom is -0.378 e. The summed E-state index contributed by atoms with van der Waals surface area (Å²) in [5.41, 5.74) is 8.22. The molecule has 1 aliphatic heterocycles. The number of rotatable bonds is 4. The largest absolute Gasteiger partial charge is 0.378 e. The standard InChI is InChI=1S/C29H35N5O2/c1-18(2)26-24-15-22(20-4-6-21(7-5-20)29(35)33-10-12-36-13-11-33)8-9-25(24)32-27(26)23-14-19(3)28-30-17-31-34(28)16-23/h8-9,14-18,20-21,32H,4-7,10-13H2,1-3H3. The van der Waals surface area contributed by atoms with E-state index in [4.69, 9.17) is 4.74 Å². The normalized spacial score (nSPS) is 21.1. The Hall–Kier alpha value is -3.19. The third-order valence-corrected chi connectivity index (χ3v) is 8.16. The van der Waals surface area contributed by atoms with Crippen molar-refractivity contribution in [1.29, 1.82) is 0 Å². The summed E-state index contributed by atoms with van der Waals surface area (Å²) in [7, 11) is 0. The molecule has 1 amide bonds. The second-order valence-corrected chi connectivity index (χ2v) is 10.8. The third-order valence-electron chi connectivity index (χ3n) is 8.16. The zero-order chi connectivity index (χ0) is 24.8. The number of H-pyrrole nitrogens is 1. The highest BCUT2D eigenvalue weighted by molar-refractivity contribution is 5.92. The van der Waals surface area contributed by atoms with Crippen LogP contribution in [0.3, 0.4) is 0 Å². The molecule has 0 atom stereocenters. The van der Waals surface area contributed by atoms with Crippen LogP contribution in [0.1, 0.15) is 68.1 Å². The van der Waals surface area contributed by atoms with Crippen LogP contribution in [0.2, 0.25) is 0 Å². The molecule has 3 aromatic heterocycles. The van der Waals surface area contributed by atoms with E-state index in [-0.39, 0.29) is 5.92 Å². The fraction of sp³-hybridized carbons (Fsp3) is 0.483. The van der Waals surface area contributed by atoms with E-state index >= 15 is 0 Å². The van der Waals surface area contributed by atoms with Crippen LogP contribution < -0.4 is 0 Å². The number of fused-ring (bicyclic) bond motifs is 2. The molecular weight excluding hydrogens is 450 g/mol. The molecule has 0 bridgehead atoms. The van der Waals surface area contributed by atoms with Gasteiger partial charge in [-0.2, -0.15) is 5.10 Å². The number of hydrogen-bond acceptors (Lipinski definition) is 4. The Labute approximate surface area is 211 Å². The molecule has 1 aromatic carbocycles. The molecule has 4 heterocycles. The van der Waals surface area contributed by atoms with E-state index in [0.29, 0.717) is 31.0 Å². The monoisotopic (exact) mass is 485 g/mol. The molecule has 36 heavy (non-hydrogen) atoms. The van der Waals surface area contributed by atoms with Gasteiger partial charge in [-0.05, 0) is 79.3 Å². The SMILES string of the molecule is Cc1cc(-c2[nH]c3ccc(C4CCC(C(=O)N5CCOCC5)CC4)cc3c2C(C)C)cn2ncnc12. The summed E-state index contributed by atoms with van der Waals surface area (Å²) in [6.07, 6.45) is 7.78. The summed E-state index contributed by atoms with van der Waals surface area (Å²) in [6, 6.07) is 9.13. The number of morpholine rings is 1. The lowest BCUT2D eigenvalue weighted by Crippen LogP contribution is -2.44. The zero-order valence-electron chi connectivity index (χ0n) is 21.5. The van der Waals surface area contributed by atoms with Gasteiger partial charge in [0.1, 0.15) is 6.33 Å². The maximum atomic E-state index is 13.0. The van der Waals surface area contributed by atoms with Gasteiger partial charge in [0, 0.05) is 41.7 Å². The number of carbonyl (C=O) groups is 1. The Kier molecular flexibility index (Phi) is 6.04. The van der Waals surface area contributed by atoms with Crippen LogP contribution in [0, 0.1) is 12.8 Å². The Morgan fingerprint density at radius 1 is 1.11 bits per heavy atom. The average molecular weight is 486 g/mol. The Balaban J connectivity index is 1.27. The Morgan fingerprint density at radius 3 is 2.64 bits per heavy atom. The van der Waals surface area contributed by atoms with E-state index in [1.54, 1.807) is 6.33 Å². The fourth-order valence-electron chi connectivity index (χ4n) is 6.26. The van der Waals surface area contributed by atoms with Crippen LogP contribution in [0.25, 0.3) is 27.8 Å². The van der Waals surface area contributed by atoms with Gasteiger partial charge in [0.25, 0.3) is 0 Å². The lowest BCUT2D eigenvalue weighted by Gasteiger charge is -2.34. The van der Waals surface area contributed by atoms with E-state index in [1.165, 1.54) is 22.0 Å². The third kappa shape index (κ3) is 4.09. The number of nitrogens with zero attached hydrogens (tertiary/aromatic N) is 4. The van der Waals surface area contributed by atoms with E-state index in [0.717, 1.165) is 61.2 Å². The first-order chi connectivity index (χ1) is 17.5. The summed E-state index contributed by atoms with van der Waals surface area (Å²) in [5, 5.41) is 5.68. The Bertz CT molecular complexity index is 1400. The second-order valence-electron chi connectivity index (χ2n) is 10.8. The number of hydrogen-bond donors (Lipinski definition) is 1. The van der Waals surface area contributed by atoms with Gasteiger partial charge < -0.3 is 14.6 Å². The van der Waals surface area contributed by atoms with Gasteiger partial charge in [-0.25, -0.2) is 9.50 Å². The van der Waals surface area contributed by atoms with Gasteiger partial charge in [0.2, 0.25) is 5.91 Å². The van der Waals surface area contributed by atoms with Gasteiger partial charge in [0.05, 0.1) is 18.9 Å². The predicted molar refractivity (Wildman–Crippen MR) is 141 cm³/mol. The summed E-state index contributed by atoms with van der Waals surface area (Å²) >= 11 is 0. The van der Waals surface area contributed by atoms with Crippen LogP contribution in [0.5, 0.6) is 0 Å². The zero-order valence-corrected chi connectivity index (χ0v) is 21.5. The van der Waals surface area contributed by atoms with Crippen molar-refractivity contribution in [2.24, 2.45) is 5.92 Å². The van der Waals surface area contributed by atoms with Crippen molar-refractivity contribution in [2.45, 2.75) is 58.3 Å². The van der Waals surface area contributed by atoms with E-state index in [1.807, 2.05) is 9.42 Å². The summed E-state index contributed by atoms with van der Waals surface area (Å²) < 4.78 is 7.28. The van der Waals surface area contributed by atoms with Gasteiger partial charge in [-0.1, -0.05) is 19.9 Å². The molecular formula is C29H35N5O2. The summed E-state index contributed by atoms with van der Waals surface area (Å²) in [6.45, 7) is 9.45. The van der Waals surface area contributed by atoms with Crippen molar-refractivity contribution >= 4 is 22.5 Å². The van der Waals surface area contributed by atoms with Crippen molar-refractivity contribution < 1.29 is 9.53 Å². The number of ether oxygens (including phenoxy) is 1. The maximum Gasteiger partial charge on any atom is 0.225 e. The van der Waals surface area contributed by atoms with Crippen molar-refractivity contribution in [2.75, 3.05) is 26.3 Å². The molecule has 6 rings (SSSR count). The maximum absolute atomic E-state index is 13.0. The molecule has 1 aliphatic carbocycles. The topological polar surface area (TPSA) is 75.5 Å². The van der Waals surface area contributed by atoms with Crippen LogP contribution in [-0.4, -0.2) is 56.7 Å². The van der Waals surface area contributed by atoms with E-state index in [9.17, 15) is 4.79 Å². The fourth-order valence-corrected chi connectivity index (χ4v) is 6.26. The van der Waals surface area contributed by atoms with Gasteiger partial charge >= 0.3 is 0 Å². The molecule has 0 unspecified atom stereocenters. The first-order valence-electron chi connectivity index (χ1n) is 13.3. The molecule has 2 fully saturated rings. The lowest BCUT2D eigenvalue weighted by molar-refractivity contribution is -0.140. The van der Waals surface area contributed by atoms with E-state index < -0.39 is 0 Å². The second kappa shape index (κ2) is 9.36. The predicted octanol–water partition coefficient (Wildman–Crippen LogP) is 5.44. The molecule has 2 aliphatic rings. The number of benzene rings is 1. The molecule has 7 nitrogen and oxygen atoms in total. The van der Waals surface area contributed by atoms with Crippen molar-refractivity contribution in [3.8, 4) is 11.3 Å². The van der Waals surface area contributed by atoms with Gasteiger partial charge in [0.15, 0.2) is 5.65 Å². The number of aromatic nitrogens is 4. The van der Waals surface area contributed by atoms with Crippen LogP contribution in [0.15, 0.2) is 36.8 Å². The average Bonchev–Trinajstić information content (AvgIpc) is 3.53. The lowest BCUT2D eigenvalue weighted by atomic mass is 9.77. The van der Waals surface area contributed by atoms with Crippen molar-refractivity contribution in [3.63, 3.8) is 0 Å². The van der Waals surface area contributed by atoms with Crippen LogP contribution >= 0.6 is 0 Å². The van der Waals surface area contributed by atoms with Crippen molar-refractivity contribution in [3.05, 3.63) is 53.5 Å². The number of pyridine rings is 1. The highest BCUT2D eigenvalue weighted by atomic mass is 16.5. The number of aryl methyl sites for hydroxylation is 1. The molecule has 1 saturated carbocycles. The molecule has 1 saturated heterocycles. The quantitative estimate of drug-likeness (QED) is 0.418. The first-order valence-corrected chi connectivity index (χ1v) is 13.3. The number of amides is 1. The molecule has 7 heteroatoms. The molecule has 188 valence electrons. The minimum absolute atomic E-state index is 0.170. The number of carbonyl (C=O) groups excluding carboxylic acids is 1. The molecule has 0 radical (unpaired) electrons. The van der Waals surface area contributed by atoms with Gasteiger partial charge in [-0.3, -0.25) is 4.79 Å². The highest BCUT2D eigenvalue weighted by Crippen LogP contribution is 2.41. The smallest absolute Gasteiger partial charge is 0.225 e. The number of nitrogens with one attached hydrogen (secondary N) is 1. The van der Waals surface area contributed by atoms with Crippen molar-refractivity contribution in [1.82, 2.24) is 24.5 Å². The highest BCUT2D eigenvalue weighted by Gasteiger charge is 2.31. The summed E-state index contributed by atoms with van der Waals surface area (Å²) in [4.78, 5) is 23.1. The summed E-state index contributed by atoms with van der Waals surface area (Å²) in [5.74, 6) is 1.39. The molecule has 0 spiro atoms.